The first-order valence-corrected chi connectivity index (χ1v) is 13.4. The van der Waals surface area contributed by atoms with Crippen molar-refractivity contribution in [2.24, 2.45) is 4.99 Å². The lowest BCUT2D eigenvalue weighted by Gasteiger charge is -2.21. The van der Waals surface area contributed by atoms with Crippen LogP contribution in [0.5, 0.6) is 0 Å². The second kappa shape index (κ2) is 6.79. The van der Waals surface area contributed by atoms with Gasteiger partial charge >= 0.3 is 0 Å². The maximum absolute atomic E-state index is 14.1. The van der Waals surface area contributed by atoms with Crippen molar-refractivity contribution in [2.75, 3.05) is 0 Å². The SMILES string of the molecule is O=c1c2ccc3c4c(ccc(c5n1C1Cc6ccccc6C=C1N=5)c24)c(=O)n1c2cc4ccccc4cc2nc31. The number of benzene rings is 5. The van der Waals surface area contributed by atoms with Gasteiger partial charge in [-0.2, -0.15) is 0 Å². The highest BCUT2D eigenvalue weighted by Crippen LogP contribution is 2.38. The Morgan fingerprint density at radius 1 is 0.725 bits per heavy atom. The van der Waals surface area contributed by atoms with Gasteiger partial charge in [-0.05, 0) is 70.8 Å². The van der Waals surface area contributed by atoms with Crippen LogP contribution in [0.25, 0.3) is 65.8 Å². The number of allylic oxidation sites excluding steroid dienone is 1. The largest absolute Gasteiger partial charge is 0.283 e. The molecule has 1 atom stereocenters. The highest BCUT2D eigenvalue weighted by atomic mass is 16.1. The van der Waals surface area contributed by atoms with Crippen LogP contribution in [0.3, 0.4) is 0 Å². The molecule has 10 rings (SSSR count). The molecule has 0 bridgehead atoms. The summed E-state index contributed by atoms with van der Waals surface area (Å²) >= 11 is 0. The summed E-state index contributed by atoms with van der Waals surface area (Å²) in [5.74, 6) is 0. The van der Waals surface area contributed by atoms with Gasteiger partial charge in [-0.3, -0.25) is 18.6 Å². The van der Waals surface area contributed by atoms with Gasteiger partial charge in [0, 0.05) is 32.3 Å². The first kappa shape index (κ1) is 20.6. The van der Waals surface area contributed by atoms with E-state index in [0.29, 0.717) is 21.9 Å². The lowest BCUT2D eigenvalue weighted by Crippen LogP contribution is -2.35. The van der Waals surface area contributed by atoms with Crippen LogP contribution in [-0.2, 0) is 6.42 Å². The van der Waals surface area contributed by atoms with Gasteiger partial charge in [-0.1, -0.05) is 48.5 Å². The maximum atomic E-state index is 14.1. The molecule has 1 aliphatic carbocycles. The molecule has 0 saturated heterocycles. The minimum absolute atomic E-state index is 0.0690. The van der Waals surface area contributed by atoms with Gasteiger partial charge in [0.25, 0.3) is 11.1 Å². The van der Waals surface area contributed by atoms with Crippen LogP contribution in [0.1, 0.15) is 17.2 Å². The van der Waals surface area contributed by atoms with Crippen molar-refractivity contribution in [3.8, 4) is 0 Å². The summed E-state index contributed by atoms with van der Waals surface area (Å²) in [6, 6.07) is 28.0. The molecule has 1 aliphatic heterocycles. The average molecular weight is 515 g/mol. The highest BCUT2D eigenvalue weighted by molar-refractivity contribution is 6.25. The Morgan fingerprint density at radius 2 is 1.43 bits per heavy atom. The van der Waals surface area contributed by atoms with Crippen LogP contribution in [0.2, 0.25) is 0 Å². The number of nitrogens with zero attached hydrogens (tertiary/aromatic N) is 4. The van der Waals surface area contributed by atoms with E-state index in [1.807, 2.05) is 71.3 Å². The summed E-state index contributed by atoms with van der Waals surface area (Å²) in [6.07, 6.45) is 2.83. The van der Waals surface area contributed by atoms with Gasteiger partial charge in [0.2, 0.25) is 0 Å². The topological polar surface area (TPSA) is 68.7 Å². The molecule has 2 aliphatic rings. The molecular formula is C34H18N4O2. The van der Waals surface area contributed by atoms with E-state index >= 15 is 0 Å². The maximum Gasteiger partial charge on any atom is 0.264 e. The Morgan fingerprint density at radius 3 is 2.30 bits per heavy atom. The number of aromatic nitrogens is 3. The van der Waals surface area contributed by atoms with E-state index in [0.717, 1.165) is 61.0 Å². The van der Waals surface area contributed by atoms with Gasteiger partial charge in [-0.15, -0.1) is 0 Å². The fraction of sp³-hybridized carbons (Fsp3) is 0.0588. The highest BCUT2D eigenvalue weighted by Gasteiger charge is 2.31. The first-order valence-electron chi connectivity index (χ1n) is 13.4. The fourth-order valence-corrected chi connectivity index (χ4v) is 7.14. The number of rotatable bonds is 0. The van der Waals surface area contributed by atoms with Crippen molar-refractivity contribution in [1.82, 2.24) is 14.0 Å². The van der Waals surface area contributed by atoms with E-state index in [9.17, 15) is 9.59 Å². The number of pyridine rings is 2. The van der Waals surface area contributed by atoms with Crippen LogP contribution >= 0.6 is 0 Å². The number of hydrogen-bond acceptors (Lipinski definition) is 4. The van der Waals surface area contributed by atoms with Crippen LogP contribution in [0.4, 0.5) is 0 Å². The minimum Gasteiger partial charge on any atom is -0.283 e. The molecule has 3 aromatic heterocycles. The molecule has 1 unspecified atom stereocenters. The molecule has 0 spiro atoms. The zero-order valence-electron chi connectivity index (χ0n) is 21.1. The zero-order valence-corrected chi connectivity index (χ0v) is 21.1. The van der Waals surface area contributed by atoms with E-state index in [2.05, 4.69) is 24.3 Å². The van der Waals surface area contributed by atoms with E-state index in [1.54, 1.807) is 4.40 Å². The van der Waals surface area contributed by atoms with Crippen LogP contribution in [0.15, 0.2) is 105 Å². The zero-order chi connectivity index (χ0) is 26.3. The van der Waals surface area contributed by atoms with E-state index in [-0.39, 0.29) is 17.2 Å². The van der Waals surface area contributed by atoms with Gasteiger partial charge in [0.05, 0.1) is 22.8 Å². The first-order chi connectivity index (χ1) is 19.7. The Kier molecular flexibility index (Phi) is 3.50. The summed E-state index contributed by atoms with van der Waals surface area (Å²) in [6.45, 7) is 0. The lowest BCUT2D eigenvalue weighted by atomic mass is 9.92. The van der Waals surface area contributed by atoms with Gasteiger partial charge < -0.3 is 0 Å². The molecule has 0 saturated carbocycles. The Bertz CT molecular complexity index is 2680. The smallest absolute Gasteiger partial charge is 0.264 e. The second-order valence-corrected chi connectivity index (χ2v) is 10.9. The third-order valence-corrected chi connectivity index (χ3v) is 8.94. The Labute approximate surface area is 225 Å². The Balaban J connectivity index is 1.36. The molecule has 40 heavy (non-hydrogen) atoms. The molecular weight excluding hydrogens is 496 g/mol. The molecule has 0 amide bonds. The van der Waals surface area contributed by atoms with Crippen LogP contribution < -0.4 is 16.6 Å². The van der Waals surface area contributed by atoms with Crippen molar-refractivity contribution in [3.63, 3.8) is 0 Å². The second-order valence-electron chi connectivity index (χ2n) is 10.9. The molecule has 186 valence electrons. The van der Waals surface area contributed by atoms with E-state index in [4.69, 9.17) is 9.98 Å². The van der Waals surface area contributed by atoms with Crippen molar-refractivity contribution in [1.29, 1.82) is 0 Å². The van der Waals surface area contributed by atoms with Crippen LogP contribution in [0, 0.1) is 0 Å². The Hall–Kier alpha value is -5.36. The van der Waals surface area contributed by atoms with Crippen LogP contribution in [-0.4, -0.2) is 14.0 Å². The minimum atomic E-state index is -0.132. The third kappa shape index (κ3) is 2.32. The van der Waals surface area contributed by atoms with Gasteiger partial charge in [-0.25, -0.2) is 9.98 Å². The number of fused-ring (bicyclic) bond motifs is 10. The predicted octanol–water partition coefficient (Wildman–Crippen LogP) is 5.55. The number of imidazole rings is 1. The van der Waals surface area contributed by atoms with Crippen molar-refractivity contribution in [3.05, 3.63) is 128 Å². The summed E-state index contributed by atoms with van der Waals surface area (Å²) in [5, 5.41) is 6.66. The van der Waals surface area contributed by atoms with Gasteiger partial charge in [0.1, 0.15) is 11.1 Å². The molecule has 6 nitrogen and oxygen atoms in total. The average Bonchev–Trinajstić information content (AvgIpc) is 3.54. The normalized spacial score (nSPS) is 16.2. The molecule has 4 heterocycles. The van der Waals surface area contributed by atoms with Crippen molar-refractivity contribution >= 4 is 65.8 Å². The molecule has 5 aromatic carbocycles. The summed E-state index contributed by atoms with van der Waals surface area (Å²) < 4.78 is 3.58. The summed E-state index contributed by atoms with van der Waals surface area (Å²) in [7, 11) is 0. The quantitative estimate of drug-likeness (QED) is 0.249. The molecule has 6 heteroatoms. The molecule has 0 radical (unpaired) electrons. The third-order valence-electron chi connectivity index (χ3n) is 8.94. The van der Waals surface area contributed by atoms with E-state index < -0.39 is 0 Å². The summed E-state index contributed by atoms with van der Waals surface area (Å²) in [5.41, 5.74) is 5.92. The molecule has 8 aromatic rings. The molecule has 0 fully saturated rings. The lowest BCUT2D eigenvalue weighted by molar-refractivity contribution is 0.571. The fourth-order valence-electron chi connectivity index (χ4n) is 7.14. The predicted molar refractivity (Wildman–Crippen MR) is 158 cm³/mol. The number of hydrogen-bond donors (Lipinski definition) is 0. The monoisotopic (exact) mass is 514 g/mol. The van der Waals surface area contributed by atoms with Crippen molar-refractivity contribution < 1.29 is 0 Å². The van der Waals surface area contributed by atoms with Gasteiger partial charge in [0.15, 0.2) is 0 Å². The van der Waals surface area contributed by atoms with E-state index in [1.165, 1.54) is 5.56 Å². The van der Waals surface area contributed by atoms with Crippen molar-refractivity contribution in [2.45, 2.75) is 12.5 Å². The molecule has 0 N–H and O–H groups in total. The summed E-state index contributed by atoms with van der Waals surface area (Å²) in [4.78, 5) is 38.1. The standard InChI is InChI=1S/C34H18N4O2/c39-33-23-12-10-22-30-24(34(40)38-28-16-20-8-4-2-6-18(20)14-26(28)36-32(22)38)11-9-21(29(23)30)31-35-25-13-17-5-1-3-7-19(17)15-27(25)37(31)33/h1-15,28H,16H2.